The maximum Gasteiger partial charge on any atom is 0.0994 e. The molecule has 6 aliphatic carbocycles. The molecule has 1 nitrogen and oxygen atoms in total. The zero-order valence-electron chi connectivity index (χ0n) is 8.80. The van der Waals surface area contributed by atoms with E-state index in [0.29, 0.717) is 0 Å². The summed E-state index contributed by atoms with van der Waals surface area (Å²) in [6, 6.07) is 8.85. The lowest BCUT2D eigenvalue weighted by atomic mass is 9.11. The molecule has 8 atom stereocenters. The standard InChI is InChI=1S/C15H11N/c16-4-5-2-1-3-6-7(5)9-12-10-8(6)11-13(9)15(12)14(10)11/h1-3,8-15H/t8?,9?,10-,11+,12+,13-,14?,15?. The van der Waals surface area contributed by atoms with Crippen molar-refractivity contribution in [3.63, 3.8) is 0 Å². The van der Waals surface area contributed by atoms with Crippen molar-refractivity contribution in [1.29, 1.82) is 5.26 Å². The molecule has 0 heterocycles. The van der Waals surface area contributed by atoms with E-state index in [1.54, 1.807) is 5.56 Å². The Balaban J connectivity index is 1.72. The number of rotatable bonds is 0. The quantitative estimate of drug-likeness (QED) is 0.638. The largest absolute Gasteiger partial charge is 0.192 e. The van der Waals surface area contributed by atoms with Crippen LogP contribution in [0.1, 0.15) is 28.5 Å². The van der Waals surface area contributed by atoms with E-state index in [1.165, 1.54) is 5.56 Å². The SMILES string of the molecule is N#Cc1cccc2c1C1[C@@H]3C4C5[C@@H](C2[C@@H]53)[C@@H]14. The number of hydrogen-bond acceptors (Lipinski definition) is 1. The Labute approximate surface area is 94.1 Å². The van der Waals surface area contributed by atoms with Gasteiger partial charge in [0.1, 0.15) is 0 Å². The summed E-state index contributed by atoms with van der Waals surface area (Å²) in [5, 5.41) is 9.26. The zero-order chi connectivity index (χ0) is 10.2. The summed E-state index contributed by atoms with van der Waals surface area (Å²) in [4.78, 5) is 0. The van der Waals surface area contributed by atoms with Gasteiger partial charge in [0.05, 0.1) is 11.6 Å². The van der Waals surface area contributed by atoms with Gasteiger partial charge < -0.3 is 0 Å². The van der Waals surface area contributed by atoms with Gasteiger partial charge in [-0.3, -0.25) is 0 Å². The molecule has 1 heteroatoms. The molecule has 1 aromatic carbocycles. The van der Waals surface area contributed by atoms with E-state index in [4.69, 9.17) is 0 Å². The summed E-state index contributed by atoms with van der Waals surface area (Å²) in [5.41, 5.74) is 4.03. The number of hydrogen-bond donors (Lipinski definition) is 0. The minimum Gasteiger partial charge on any atom is -0.192 e. The van der Waals surface area contributed by atoms with Crippen molar-refractivity contribution in [2.45, 2.75) is 11.8 Å². The van der Waals surface area contributed by atoms with E-state index in [1.807, 2.05) is 6.07 Å². The molecule has 0 N–H and O–H groups in total. The molecule has 6 aliphatic rings. The lowest BCUT2D eigenvalue weighted by Gasteiger charge is -2.93. The molecule has 0 radical (unpaired) electrons. The normalized spacial score (nSPS) is 59.2. The van der Waals surface area contributed by atoms with Crippen molar-refractivity contribution in [3.05, 3.63) is 34.9 Å². The zero-order valence-corrected chi connectivity index (χ0v) is 8.80. The van der Waals surface area contributed by atoms with Crippen LogP contribution in [0.15, 0.2) is 18.2 Å². The molecule has 2 bridgehead atoms. The average molecular weight is 205 g/mol. The smallest absolute Gasteiger partial charge is 0.0994 e. The Morgan fingerprint density at radius 1 is 0.875 bits per heavy atom. The molecule has 0 amide bonds. The van der Waals surface area contributed by atoms with Crippen LogP contribution in [0.4, 0.5) is 0 Å². The van der Waals surface area contributed by atoms with Crippen LogP contribution in [0.5, 0.6) is 0 Å². The molecule has 4 saturated carbocycles. The second kappa shape index (κ2) is 1.74. The maximum absolute atomic E-state index is 9.26. The molecular weight excluding hydrogens is 194 g/mol. The highest BCUT2D eigenvalue weighted by Crippen LogP contribution is 2.94. The van der Waals surface area contributed by atoms with Crippen molar-refractivity contribution >= 4 is 0 Å². The first-order valence-electron chi connectivity index (χ1n) is 6.46. The fourth-order valence-electron chi connectivity index (χ4n) is 6.56. The fourth-order valence-corrected chi connectivity index (χ4v) is 6.56. The summed E-state index contributed by atoms with van der Waals surface area (Å²) < 4.78 is 0. The molecule has 4 unspecified atom stereocenters. The summed E-state index contributed by atoms with van der Waals surface area (Å²) in [6.07, 6.45) is 0. The van der Waals surface area contributed by atoms with Gasteiger partial charge in [-0.15, -0.1) is 0 Å². The average Bonchev–Trinajstić information content (AvgIpc) is 2.29. The van der Waals surface area contributed by atoms with E-state index in [9.17, 15) is 5.26 Å². The summed E-state index contributed by atoms with van der Waals surface area (Å²) >= 11 is 0. The molecule has 0 saturated heterocycles. The fraction of sp³-hybridized carbons (Fsp3) is 0.533. The molecule has 0 spiro atoms. The van der Waals surface area contributed by atoms with Gasteiger partial charge >= 0.3 is 0 Å². The first kappa shape index (κ1) is 7.12. The Morgan fingerprint density at radius 3 is 2.25 bits per heavy atom. The van der Waals surface area contributed by atoms with Crippen molar-refractivity contribution in [1.82, 2.24) is 0 Å². The van der Waals surface area contributed by atoms with Gasteiger partial charge in [0.2, 0.25) is 0 Å². The van der Waals surface area contributed by atoms with E-state index in [2.05, 4.69) is 18.2 Å². The molecule has 4 fully saturated rings. The second-order valence-corrected chi connectivity index (χ2v) is 6.44. The molecule has 0 aromatic heterocycles. The molecule has 16 heavy (non-hydrogen) atoms. The third-order valence-corrected chi connectivity index (χ3v) is 6.72. The predicted octanol–water partition coefficient (Wildman–Crippen LogP) is 2.49. The maximum atomic E-state index is 9.26. The van der Waals surface area contributed by atoms with Crippen molar-refractivity contribution in [3.8, 4) is 6.07 Å². The Hall–Kier alpha value is -1.29. The first-order chi connectivity index (χ1) is 7.93. The first-order valence-corrected chi connectivity index (χ1v) is 6.46. The van der Waals surface area contributed by atoms with Crippen molar-refractivity contribution in [2.24, 2.45) is 35.5 Å². The van der Waals surface area contributed by atoms with Crippen LogP contribution in [0.3, 0.4) is 0 Å². The van der Waals surface area contributed by atoms with Crippen LogP contribution in [-0.4, -0.2) is 0 Å². The Kier molecular flexibility index (Phi) is 0.773. The highest BCUT2D eigenvalue weighted by Gasteiger charge is 2.88. The van der Waals surface area contributed by atoms with Gasteiger partial charge in [-0.2, -0.15) is 5.26 Å². The third-order valence-electron chi connectivity index (χ3n) is 6.72. The Bertz CT molecular complexity index is 590. The van der Waals surface area contributed by atoms with Crippen molar-refractivity contribution in [2.75, 3.05) is 0 Å². The van der Waals surface area contributed by atoms with Crippen LogP contribution < -0.4 is 0 Å². The van der Waals surface area contributed by atoms with E-state index < -0.39 is 0 Å². The minimum atomic E-state index is 0.806. The van der Waals surface area contributed by atoms with Crippen LogP contribution in [0, 0.1) is 46.8 Å². The number of benzene rings is 1. The van der Waals surface area contributed by atoms with Crippen LogP contribution in [0.25, 0.3) is 0 Å². The van der Waals surface area contributed by atoms with Gasteiger partial charge in [-0.05, 0) is 64.5 Å². The van der Waals surface area contributed by atoms with Gasteiger partial charge in [0, 0.05) is 0 Å². The predicted molar refractivity (Wildman–Crippen MR) is 57.6 cm³/mol. The molecule has 0 aliphatic heterocycles. The van der Waals surface area contributed by atoms with Gasteiger partial charge in [-0.25, -0.2) is 0 Å². The van der Waals surface area contributed by atoms with Crippen LogP contribution >= 0.6 is 0 Å². The number of nitrogens with zero attached hydrogens (tertiary/aromatic N) is 1. The molecule has 76 valence electrons. The monoisotopic (exact) mass is 205 g/mol. The van der Waals surface area contributed by atoms with Crippen LogP contribution in [0.2, 0.25) is 0 Å². The van der Waals surface area contributed by atoms with Crippen molar-refractivity contribution < 1.29 is 0 Å². The van der Waals surface area contributed by atoms with Gasteiger partial charge in [-0.1, -0.05) is 12.1 Å². The molecule has 1 aromatic rings. The molecule has 7 rings (SSSR count). The number of nitriles is 1. The van der Waals surface area contributed by atoms with Gasteiger partial charge in [0.15, 0.2) is 0 Å². The highest BCUT2D eigenvalue weighted by molar-refractivity contribution is 5.60. The highest BCUT2D eigenvalue weighted by atomic mass is 14.9. The topological polar surface area (TPSA) is 23.8 Å². The summed E-state index contributed by atoms with van der Waals surface area (Å²) in [5.74, 6) is 8.03. The lowest BCUT2D eigenvalue weighted by Crippen LogP contribution is -2.87. The van der Waals surface area contributed by atoms with E-state index >= 15 is 0 Å². The summed E-state index contributed by atoms with van der Waals surface area (Å²) in [7, 11) is 0. The third kappa shape index (κ3) is 0.392. The lowest BCUT2D eigenvalue weighted by molar-refractivity contribution is -0.407. The summed E-state index contributed by atoms with van der Waals surface area (Å²) in [6.45, 7) is 0. The van der Waals surface area contributed by atoms with Gasteiger partial charge in [0.25, 0.3) is 0 Å². The molecular formula is C15H11N. The minimum absolute atomic E-state index is 0.806. The Morgan fingerprint density at radius 2 is 1.56 bits per heavy atom. The second-order valence-electron chi connectivity index (χ2n) is 6.44. The van der Waals surface area contributed by atoms with Crippen LogP contribution in [-0.2, 0) is 0 Å². The van der Waals surface area contributed by atoms with E-state index in [0.717, 1.165) is 52.9 Å². The van der Waals surface area contributed by atoms with E-state index in [-0.39, 0.29) is 0 Å².